The summed E-state index contributed by atoms with van der Waals surface area (Å²) in [5.41, 5.74) is 5.89. The number of nitrogens with two attached hydrogens (primary N) is 1. The summed E-state index contributed by atoms with van der Waals surface area (Å²) < 4.78 is -0.682. The second-order valence-corrected chi connectivity index (χ2v) is 8.97. The zero-order valence-corrected chi connectivity index (χ0v) is 16.2. The van der Waals surface area contributed by atoms with E-state index in [0.717, 1.165) is 0 Å². The number of amides is 3. The van der Waals surface area contributed by atoms with Crippen molar-refractivity contribution in [2.45, 2.75) is 42.1 Å². The number of nitrogens with zero attached hydrogens (tertiary/aromatic N) is 1. The van der Waals surface area contributed by atoms with Crippen LogP contribution in [0.3, 0.4) is 0 Å². The molecule has 9 nitrogen and oxygen atoms in total. The number of β-lactam (4-membered cyclic amide) rings is 1. The predicted octanol–water partition coefficient (Wildman–Crippen LogP) is -1.21. The summed E-state index contributed by atoms with van der Waals surface area (Å²) in [6, 6.07) is 5.80. The van der Waals surface area contributed by atoms with Crippen LogP contribution in [0.5, 0.6) is 0 Å². The number of benzene rings is 1. The van der Waals surface area contributed by atoms with E-state index in [1.165, 1.54) is 16.7 Å². The fourth-order valence-electron chi connectivity index (χ4n) is 3.55. The van der Waals surface area contributed by atoms with Crippen LogP contribution in [0.15, 0.2) is 30.3 Å². The van der Waals surface area contributed by atoms with E-state index >= 15 is 0 Å². The first-order valence-corrected chi connectivity index (χ1v) is 9.63. The molecule has 1 aromatic rings. The van der Waals surface area contributed by atoms with Gasteiger partial charge in [-0.3, -0.25) is 14.4 Å². The number of fused-ring (bicyclic) bond motifs is 1. The van der Waals surface area contributed by atoms with E-state index in [1.807, 2.05) is 0 Å². The van der Waals surface area contributed by atoms with Gasteiger partial charge in [-0.25, -0.2) is 4.79 Å². The molecule has 4 atom stereocenters. The summed E-state index contributed by atoms with van der Waals surface area (Å²) >= 11 is 1.34. The van der Waals surface area contributed by atoms with Gasteiger partial charge in [-0.15, -0.1) is 11.8 Å². The molecule has 11 heteroatoms. The average Bonchev–Trinajstić information content (AvgIpc) is 2.92. The summed E-state index contributed by atoms with van der Waals surface area (Å²) in [6.45, 7) is 3.24. The molecule has 0 radical (unpaired) electrons. The minimum atomic E-state index is -1.07. The molecule has 2 saturated heterocycles. The van der Waals surface area contributed by atoms with E-state index in [0.29, 0.717) is 5.56 Å². The van der Waals surface area contributed by atoms with Crippen molar-refractivity contribution in [1.29, 1.82) is 0 Å². The van der Waals surface area contributed by atoms with Gasteiger partial charge in [-0.05, 0) is 19.4 Å². The summed E-state index contributed by atoms with van der Waals surface area (Å²) in [6.07, 6.45) is 0. The Morgan fingerprint density at radius 3 is 2.45 bits per heavy atom. The van der Waals surface area contributed by atoms with Gasteiger partial charge in [0.1, 0.15) is 23.5 Å². The number of aliphatic carboxylic acids is 1. The van der Waals surface area contributed by atoms with Crippen molar-refractivity contribution >= 4 is 65.0 Å². The molecule has 2 aliphatic rings. The van der Waals surface area contributed by atoms with Crippen LogP contribution >= 0.6 is 11.8 Å². The van der Waals surface area contributed by atoms with Gasteiger partial charge in [0.05, 0.1) is 6.54 Å². The number of thioether (sulfide) groups is 1. The van der Waals surface area contributed by atoms with Crippen LogP contribution in [0, 0.1) is 0 Å². The Morgan fingerprint density at radius 2 is 1.90 bits per heavy atom. The Morgan fingerprint density at radius 1 is 1.28 bits per heavy atom. The van der Waals surface area contributed by atoms with Crippen molar-refractivity contribution in [1.82, 2.24) is 15.5 Å². The van der Waals surface area contributed by atoms with Gasteiger partial charge in [-0.1, -0.05) is 30.3 Å². The molecule has 0 aliphatic carbocycles. The molecule has 0 aromatic heterocycles. The monoisotopic (exact) mass is 430 g/mol. The van der Waals surface area contributed by atoms with Crippen molar-refractivity contribution in [3.05, 3.63) is 35.9 Å². The molecule has 2 heterocycles. The van der Waals surface area contributed by atoms with E-state index in [-0.39, 0.29) is 36.1 Å². The second kappa shape index (κ2) is 9.05. The minimum absolute atomic E-state index is 0. The number of carboxylic acids is 1. The summed E-state index contributed by atoms with van der Waals surface area (Å²) in [4.78, 5) is 50.0. The average molecular weight is 430 g/mol. The molecule has 0 bridgehead atoms. The van der Waals surface area contributed by atoms with Gasteiger partial charge in [0, 0.05) is 4.75 Å². The van der Waals surface area contributed by atoms with E-state index in [4.69, 9.17) is 5.73 Å². The molecular formula is C18H23N4NaO5S. The van der Waals surface area contributed by atoms with Gasteiger partial charge in [0.2, 0.25) is 17.7 Å². The Balaban J connectivity index is 0.00000300. The van der Waals surface area contributed by atoms with Crippen molar-refractivity contribution < 1.29 is 24.3 Å². The van der Waals surface area contributed by atoms with Crippen LogP contribution in [-0.2, 0) is 19.2 Å². The first-order valence-electron chi connectivity index (χ1n) is 8.75. The van der Waals surface area contributed by atoms with Crippen LogP contribution in [0.25, 0.3) is 0 Å². The number of carboxylic acid groups (broad SMARTS) is 1. The number of nitrogens with one attached hydrogen (secondary N) is 2. The topological polar surface area (TPSA) is 142 Å². The van der Waals surface area contributed by atoms with Crippen LogP contribution < -0.4 is 16.4 Å². The van der Waals surface area contributed by atoms with Gasteiger partial charge < -0.3 is 26.4 Å². The fourth-order valence-corrected chi connectivity index (χ4v) is 5.17. The SMILES string of the molecule is CC1(C)S[C@@H]2C(NC(=O)C(NC(=O)CN)c3ccccc3)C(=O)N2[C@H]1C(=O)O.[NaH]. The third kappa shape index (κ3) is 4.46. The number of carbonyl (C=O) groups is 4. The van der Waals surface area contributed by atoms with Crippen molar-refractivity contribution in [2.75, 3.05) is 6.54 Å². The number of rotatable bonds is 6. The Hall–Kier alpha value is -1.59. The fraction of sp³-hybridized carbons (Fsp3) is 0.444. The standard InChI is InChI=1S/C18H22N4O5S.Na.H/c1-18(2)13(17(26)27)22-15(25)12(16(22)28-18)21-14(24)11(20-10(23)8-19)9-6-4-3-5-7-9;;/h3-7,11-13,16H,8,19H2,1-2H3,(H,20,23)(H,21,24)(H,26,27);;/t11?,12?,13-,16+;;/m0../s1. The van der Waals surface area contributed by atoms with Crippen molar-refractivity contribution in [3.63, 3.8) is 0 Å². The van der Waals surface area contributed by atoms with E-state index in [2.05, 4.69) is 10.6 Å². The zero-order valence-electron chi connectivity index (χ0n) is 15.4. The number of hydrogen-bond donors (Lipinski definition) is 4. The van der Waals surface area contributed by atoms with Gasteiger partial charge >= 0.3 is 35.5 Å². The molecule has 5 N–H and O–H groups in total. The Kier molecular flexibility index (Phi) is 7.39. The molecule has 0 spiro atoms. The van der Waals surface area contributed by atoms with E-state index in [9.17, 15) is 24.3 Å². The molecule has 3 amide bonds. The summed E-state index contributed by atoms with van der Waals surface area (Å²) in [7, 11) is 0. The van der Waals surface area contributed by atoms with Gasteiger partial charge in [0.15, 0.2) is 0 Å². The maximum atomic E-state index is 12.8. The van der Waals surface area contributed by atoms with Crippen LogP contribution in [0.1, 0.15) is 25.5 Å². The van der Waals surface area contributed by atoms with Gasteiger partial charge in [0.25, 0.3) is 0 Å². The molecule has 0 saturated carbocycles. The Labute approximate surface area is 194 Å². The summed E-state index contributed by atoms with van der Waals surface area (Å²) in [5, 5.41) is 14.2. The second-order valence-electron chi connectivity index (χ2n) is 7.20. The number of carbonyl (C=O) groups excluding carboxylic acids is 3. The van der Waals surface area contributed by atoms with Crippen molar-refractivity contribution in [2.24, 2.45) is 5.73 Å². The van der Waals surface area contributed by atoms with Crippen LogP contribution in [0.2, 0.25) is 0 Å². The molecule has 1 aromatic carbocycles. The zero-order chi connectivity index (χ0) is 20.6. The molecule has 2 unspecified atom stereocenters. The quantitative estimate of drug-likeness (QED) is 0.328. The molecular weight excluding hydrogens is 407 g/mol. The third-order valence-electron chi connectivity index (χ3n) is 4.86. The van der Waals surface area contributed by atoms with E-state index in [1.54, 1.807) is 44.2 Å². The molecule has 152 valence electrons. The van der Waals surface area contributed by atoms with Crippen molar-refractivity contribution in [3.8, 4) is 0 Å². The molecule has 2 fully saturated rings. The Bertz CT molecular complexity index is 822. The number of hydrogen-bond acceptors (Lipinski definition) is 6. The normalized spacial score (nSPS) is 25.1. The molecule has 29 heavy (non-hydrogen) atoms. The third-order valence-corrected chi connectivity index (χ3v) is 6.43. The first kappa shape index (κ1) is 23.7. The molecule has 2 aliphatic heterocycles. The van der Waals surface area contributed by atoms with Gasteiger partial charge in [-0.2, -0.15) is 0 Å². The summed E-state index contributed by atoms with van der Waals surface area (Å²) in [5.74, 6) is -2.58. The van der Waals surface area contributed by atoms with E-state index < -0.39 is 51.9 Å². The predicted molar refractivity (Wildman–Crippen MR) is 109 cm³/mol. The van der Waals surface area contributed by atoms with Crippen LogP contribution in [0.4, 0.5) is 0 Å². The maximum absolute atomic E-state index is 12.8. The first-order chi connectivity index (χ1) is 13.2. The van der Waals surface area contributed by atoms with Crippen LogP contribution in [-0.4, -0.2) is 92.0 Å². The molecule has 3 rings (SSSR count).